The smallest absolute Gasteiger partial charge is 0.334 e. The molecule has 0 amide bonds. The first-order chi connectivity index (χ1) is 6.94. The molecule has 88 valence electrons. The largest absolute Gasteiger partial charge is 0.479 e. The first-order valence-corrected chi connectivity index (χ1v) is 6.45. The molecular formula is C8H15NO5S. The number of methoxy groups -OCH3 is 1. The SMILES string of the molecule is COC(CN1CCS(=O)(=O)CC1)C(=O)O. The maximum atomic E-state index is 11.1. The lowest BCUT2D eigenvalue weighted by Gasteiger charge is -2.28. The molecule has 0 spiro atoms. The van der Waals surface area contributed by atoms with Gasteiger partial charge in [0.1, 0.15) is 0 Å². The summed E-state index contributed by atoms with van der Waals surface area (Å²) in [4.78, 5) is 12.5. The van der Waals surface area contributed by atoms with E-state index in [4.69, 9.17) is 9.84 Å². The summed E-state index contributed by atoms with van der Waals surface area (Å²) >= 11 is 0. The number of ether oxygens (including phenoxy) is 1. The van der Waals surface area contributed by atoms with Crippen LogP contribution in [0.5, 0.6) is 0 Å². The molecule has 1 heterocycles. The molecule has 0 bridgehead atoms. The summed E-state index contributed by atoms with van der Waals surface area (Å²) in [6.45, 7) is 1.01. The van der Waals surface area contributed by atoms with E-state index in [-0.39, 0.29) is 18.1 Å². The predicted octanol–water partition coefficient (Wildman–Crippen LogP) is -1.18. The summed E-state index contributed by atoms with van der Waals surface area (Å²) in [5.41, 5.74) is 0. The topological polar surface area (TPSA) is 83.9 Å². The van der Waals surface area contributed by atoms with Crippen LogP contribution in [0.3, 0.4) is 0 Å². The van der Waals surface area contributed by atoms with Gasteiger partial charge in [-0.05, 0) is 0 Å². The van der Waals surface area contributed by atoms with E-state index in [1.54, 1.807) is 4.90 Å². The van der Waals surface area contributed by atoms with Crippen LogP contribution in [0.15, 0.2) is 0 Å². The van der Waals surface area contributed by atoms with Crippen molar-refractivity contribution >= 4 is 15.8 Å². The zero-order valence-corrected chi connectivity index (χ0v) is 9.37. The fourth-order valence-electron chi connectivity index (χ4n) is 1.42. The number of hydrogen-bond donors (Lipinski definition) is 1. The lowest BCUT2D eigenvalue weighted by Crippen LogP contribution is -2.46. The highest BCUT2D eigenvalue weighted by Crippen LogP contribution is 2.05. The van der Waals surface area contributed by atoms with Crippen molar-refractivity contribution in [2.45, 2.75) is 6.10 Å². The van der Waals surface area contributed by atoms with E-state index in [1.165, 1.54) is 7.11 Å². The lowest BCUT2D eigenvalue weighted by molar-refractivity contribution is -0.149. The van der Waals surface area contributed by atoms with Crippen molar-refractivity contribution in [2.75, 3.05) is 38.2 Å². The average molecular weight is 237 g/mol. The van der Waals surface area contributed by atoms with E-state index in [0.717, 1.165) is 0 Å². The first-order valence-electron chi connectivity index (χ1n) is 4.63. The molecule has 0 saturated carbocycles. The number of carboxylic acids is 1. The Hall–Kier alpha value is -0.660. The van der Waals surface area contributed by atoms with Gasteiger partial charge in [0.15, 0.2) is 15.9 Å². The first kappa shape index (κ1) is 12.4. The number of nitrogens with zero attached hydrogens (tertiary/aromatic N) is 1. The van der Waals surface area contributed by atoms with Crippen LogP contribution in [0.1, 0.15) is 0 Å². The van der Waals surface area contributed by atoms with Gasteiger partial charge >= 0.3 is 5.97 Å². The Labute approximate surface area is 88.7 Å². The molecule has 7 heteroatoms. The molecule has 1 aliphatic heterocycles. The van der Waals surface area contributed by atoms with Gasteiger partial charge in [-0.25, -0.2) is 13.2 Å². The van der Waals surface area contributed by atoms with Crippen molar-refractivity contribution < 1.29 is 23.1 Å². The minimum atomic E-state index is -2.91. The highest BCUT2D eigenvalue weighted by molar-refractivity contribution is 7.91. The molecule has 0 aromatic carbocycles. The molecule has 0 aliphatic carbocycles. The molecule has 0 aromatic heterocycles. The molecule has 1 rings (SSSR count). The summed E-state index contributed by atoms with van der Waals surface area (Å²) in [5.74, 6) is -0.822. The van der Waals surface area contributed by atoms with Crippen molar-refractivity contribution in [2.24, 2.45) is 0 Å². The van der Waals surface area contributed by atoms with E-state index < -0.39 is 21.9 Å². The van der Waals surface area contributed by atoms with Gasteiger partial charge < -0.3 is 9.84 Å². The maximum absolute atomic E-state index is 11.1. The van der Waals surface area contributed by atoms with Gasteiger partial charge in [0.2, 0.25) is 0 Å². The minimum Gasteiger partial charge on any atom is -0.479 e. The molecule has 1 fully saturated rings. The van der Waals surface area contributed by atoms with Gasteiger partial charge in [0.05, 0.1) is 11.5 Å². The van der Waals surface area contributed by atoms with E-state index in [9.17, 15) is 13.2 Å². The van der Waals surface area contributed by atoms with Crippen LogP contribution < -0.4 is 0 Å². The number of sulfone groups is 1. The summed E-state index contributed by atoms with van der Waals surface area (Å²) in [7, 11) is -1.58. The van der Waals surface area contributed by atoms with Gasteiger partial charge in [-0.3, -0.25) is 4.90 Å². The Bertz CT molecular complexity index is 312. The van der Waals surface area contributed by atoms with Gasteiger partial charge in [-0.1, -0.05) is 0 Å². The number of carboxylic acid groups (broad SMARTS) is 1. The third-order valence-corrected chi connectivity index (χ3v) is 4.03. The molecule has 0 radical (unpaired) electrons. The predicted molar refractivity (Wildman–Crippen MR) is 53.5 cm³/mol. The Morgan fingerprint density at radius 1 is 1.47 bits per heavy atom. The summed E-state index contributed by atoms with van der Waals surface area (Å²) in [5, 5.41) is 8.74. The second-order valence-electron chi connectivity index (χ2n) is 3.52. The lowest BCUT2D eigenvalue weighted by atomic mass is 10.3. The normalized spacial score (nSPS) is 23.5. The standard InChI is InChI=1S/C8H15NO5S/c1-14-7(8(10)11)6-9-2-4-15(12,13)5-3-9/h7H,2-6H2,1H3,(H,10,11). The molecule has 6 nitrogen and oxygen atoms in total. The van der Waals surface area contributed by atoms with Crippen LogP contribution in [-0.4, -0.2) is 68.7 Å². The second-order valence-corrected chi connectivity index (χ2v) is 5.82. The molecule has 15 heavy (non-hydrogen) atoms. The second kappa shape index (κ2) is 4.91. The van der Waals surface area contributed by atoms with Crippen molar-refractivity contribution in [3.63, 3.8) is 0 Å². The molecule has 0 aromatic rings. The molecule has 1 N–H and O–H groups in total. The van der Waals surface area contributed by atoms with Crippen LogP contribution in [0, 0.1) is 0 Å². The molecule has 1 aliphatic rings. The summed E-state index contributed by atoms with van der Waals surface area (Å²) < 4.78 is 27.0. The zero-order valence-electron chi connectivity index (χ0n) is 8.55. The van der Waals surface area contributed by atoms with Crippen LogP contribution in [-0.2, 0) is 19.4 Å². The van der Waals surface area contributed by atoms with Gasteiger partial charge in [-0.2, -0.15) is 0 Å². The van der Waals surface area contributed by atoms with Crippen LogP contribution in [0.25, 0.3) is 0 Å². The van der Waals surface area contributed by atoms with Gasteiger partial charge in [0.25, 0.3) is 0 Å². The Balaban J connectivity index is 2.44. The monoisotopic (exact) mass is 237 g/mol. The van der Waals surface area contributed by atoms with Crippen molar-refractivity contribution in [3.8, 4) is 0 Å². The number of rotatable bonds is 4. The van der Waals surface area contributed by atoms with Crippen LogP contribution in [0.4, 0.5) is 0 Å². The van der Waals surface area contributed by atoms with Crippen molar-refractivity contribution in [1.29, 1.82) is 0 Å². The maximum Gasteiger partial charge on any atom is 0.334 e. The Morgan fingerprint density at radius 3 is 2.40 bits per heavy atom. The Kier molecular flexibility index (Phi) is 4.06. The van der Waals surface area contributed by atoms with Gasteiger partial charge in [-0.15, -0.1) is 0 Å². The fourth-order valence-corrected chi connectivity index (χ4v) is 2.70. The summed E-state index contributed by atoms with van der Waals surface area (Å²) in [6, 6.07) is 0. The zero-order chi connectivity index (χ0) is 11.5. The van der Waals surface area contributed by atoms with E-state index in [1.807, 2.05) is 0 Å². The highest BCUT2D eigenvalue weighted by Gasteiger charge is 2.26. The van der Waals surface area contributed by atoms with Crippen molar-refractivity contribution in [1.82, 2.24) is 4.90 Å². The molecular weight excluding hydrogens is 222 g/mol. The van der Waals surface area contributed by atoms with Crippen LogP contribution >= 0.6 is 0 Å². The minimum absolute atomic E-state index is 0.100. The number of carbonyl (C=O) groups is 1. The van der Waals surface area contributed by atoms with E-state index in [0.29, 0.717) is 13.1 Å². The van der Waals surface area contributed by atoms with Crippen molar-refractivity contribution in [3.05, 3.63) is 0 Å². The Morgan fingerprint density at radius 2 is 2.00 bits per heavy atom. The number of hydrogen-bond acceptors (Lipinski definition) is 5. The van der Waals surface area contributed by atoms with Gasteiger partial charge in [0, 0.05) is 26.7 Å². The average Bonchev–Trinajstić information content (AvgIpc) is 2.15. The number of aliphatic carboxylic acids is 1. The molecule has 1 unspecified atom stereocenters. The highest BCUT2D eigenvalue weighted by atomic mass is 32.2. The van der Waals surface area contributed by atoms with E-state index in [2.05, 4.69) is 0 Å². The van der Waals surface area contributed by atoms with Crippen LogP contribution in [0.2, 0.25) is 0 Å². The van der Waals surface area contributed by atoms with E-state index >= 15 is 0 Å². The quantitative estimate of drug-likeness (QED) is 0.662. The molecule has 1 atom stereocenters. The summed E-state index contributed by atoms with van der Waals surface area (Å²) in [6.07, 6.45) is -0.884. The third-order valence-electron chi connectivity index (χ3n) is 2.42. The third kappa shape index (κ3) is 3.77. The molecule has 1 saturated heterocycles. The fraction of sp³-hybridized carbons (Fsp3) is 0.875.